The number of sulfone groups is 1. The molecule has 1 N–H and O–H groups in total. The second kappa shape index (κ2) is 5.70. The lowest BCUT2D eigenvalue weighted by molar-refractivity contribution is 0.359. The average Bonchev–Trinajstić information content (AvgIpc) is 2.20. The van der Waals surface area contributed by atoms with Crippen LogP contribution in [0, 0.1) is 17.8 Å². The van der Waals surface area contributed by atoms with Crippen LogP contribution >= 0.6 is 0 Å². The van der Waals surface area contributed by atoms with Gasteiger partial charge in [0.25, 0.3) is 0 Å². The van der Waals surface area contributed by atoms with Crippen LogP contribution in [0.2, 0.25) is 0 Å². The summed E-state index contributed by atoms with van der Waals surface area (Å²) in [6, 6.07) is 0.116. The minimum atomic E-state index is -2.97. The van der Waals surface area contributed by atoms with Crippen molar-refractivity contribution in [3.8, 4) is 0 Å². The molecule has 1 saturated heterocycles. The fourth-order valence-corrected chi connectivity index (χ4v) is 5.56. The van der Waals surface area contributed by atoms with E-state index in [1.165, 1.54) is 0 Å². The highest BCUT2D eigenvalue weighted by Gasteiger charge is 2.39. The molecule has 1 rings (SSSR count). The van der Waals surface area contributed by atoms with Gasteiger partial charge in [-0.2, -0.15) is 0 Å². The highest BCUT2D eigenvalue weighted by molar-refractivity contribution is 7.92. The van der Waals surface area contributed by atoms with Gasteiger partial charge in [0.2, 0.25) is 0 Å². The Bertz CT molecular complexity index is 335. The van der Waals surface area contributed by atoms with Crippen molar-refractivity contribution in [1.82, 2.24) is 5.32 Å². The predicted octanol–water partition coefficient (Wildman–Crippen LogP) is 2.08. The molecule has 0 radical (unpaired) electrons. The SMILES string of the molecule is CC(C)CC1NCC(C)CS(=O)(=O)C1C(C)C. The van der Waals surface area contributed by atoms with E-state index in [1.54, 1.807) is 0 Å². The molecule has 1 aliphatic heterocycles. The third kappa shape index (κ3) is 3.95. The van der Waals surface area contributed by atoms with Gasteiger partial charge in [-0.15, -0.1) is 0 Å². The van der Waals surface area contributed by atoms with Gasteiger partial charge in [0.15, 0.2) is 9.84 Å². The third-order valence-corrected chi connectivity index (χ3v) is 6.17. The van der Waals surface area contributed by atoms with Crippen molar-refractivity contribution >= 4 is 9.84 Å². The summed E-state index contributed by atoms with van der Waals surface area (Å²) in [5.74, 6) is 1.26. The molecule has 0 aromatic carbocycles. The fourth-order valence-electron chi connectivity index (χ4n) is 2.89. The van der Waals surface area contributed by atoms with Crippen molar-refractivity contribution < 1.29 is 8.42 Å². The molecule has 0 saturated carbocycles. The molecule has 1 aliphatic rings. The van der Waals surface area contributed by atoms with E-state index in [0.717, 1.165) is 13.0 Å². The van der Waals surface area contributed by atoms with Crippen molar-refractivity contribution in [1.29, 1.82) is 0 Å². The molecule has 102 valence electrons. The van der Waals surface area contributed by atoms with Crippen LogP contribution < -0.4 is 5.32 Å². The van der Waals surface area contributed by atoms with Gasteiger partial charge < -0.3 is 5.32 Å². The van der Waals surface area contributed by atoms with Crippen LogP contribution in [-0.2, 0) is 9.84 Å². The van der Waals surface area contributed by atoms with Gasteiger partial charge in [0.1, 0.15) is 0 Å². The monoisotopic (exact) mass is 261 g/mol. The van der Waals surface area contributed by atoms with Crippen LogP contribution in [0.25, 0.3) is 0 Å². The summed E-state index contributed by atoms with van der Waals surface area (Å²) in [6.45, 7) is 11.2. The van der Waals surface area contributed by atoms with Crippen molar-refractivity contribution in [2.24, 2.45) is 17.8 Å². The Morgan fingerprint density at radius 3 is 2.29 bits per heavy atom. The van der Waals surface area contributed by atoms with Crippen LogP contribution in [0.15, 0.2) is 0 Å². The fraction of sp³-hybridized carbons (Fsp3) is 1.00. The molecule has 3 atom stereocenters. The quantitative estimate of drug-likeness (QED) is 0.846. The topological polar surface area (TPSA) is 46.2 Å². The zero-order chi connectivity index (χ0) is 13.2. The van der Waals surface area contributed by atoms with Gasteiger partial charge in [0.05, 0.1) is 11.0 Å². The minimum absolute atomic E-state index is 0.116. The molecule has 1 fully saturated rings. The molecule has 0 bridgehead atoms. The molecular weight excluding hydrogens is 234 g/mol. The third-order valence-electron chi connectivity index (χ3n) is 3.44. The summed E-state index contributed by atoms with van der Waals surface area (Å²) in [7, 11) is -2.97. The summed E-state index contributed by atoms with van der Waals surface area (Å²) in [5, 5.41) is 3.24. The second-order valence-corrected chi connectivity index (χ2v) is 8.49. The highest BCUT2D eigenvalue weighted by Crippen LogP contribution is 2.25. The molecule has 3 unspecified atom stereocenters. The molecule has 0 aromatic heterocycles. The highest BCUT2D eigenvalue weighted by atomic mass is 32.2. The Morgan fingerprint density at radius 1 is 1.24 bits per heavy atom. The number of hydrogen-bond acceptors (Lipinski definition) is 3. The molecule has 3 nitrogen and oxygen atoms in total. The first-order chi connectivity index (χ1) is 7.74. The van der Waals surface area contributed by atoms with Crippen LogP contribution in [0.4, 0.5) is 0 Å². The smallest absolute Gasteiger partial charge is 0.155 e. The minimum Gasteiger partial charge on any atom is -0.312 e. The molecule has 1 heterocycles. The molecule has 0 aromatic rings. The molecule has 0 aliphatic carbocycles. The van der Waals surface area contributed by atoms with E-state index in [9.17, 15) is 8.42 Å². The predicted molar refractivity (Wildman–Crippen MR) is 72.8 cm³/mol. The van der Waals surface area contributed by atoms with E-state index in [0.29, 0.717) is 11.7 Å². The lowest BCUT2D eigenvalue weighted by Crippen LogP contribution is -2.46. The number of nitrogens with one attached hydrogen (secondary N) is 1. The van der Waals surface area contributed by atoms with Gasteiger partial charge in [-0.25, -0.2) is 8.42 Å². The van der Waals surface area contributed by atoms with Crippen molar-refractivity contribution in [3.63, 3.8) is 0 Å². The van der Waals surface area contributed by atoms with Crippen molar-refractivity contribution in [2.75, 3.05) is 12.3 Å². The second-order valence-electron chi connectivity index (χ2n) is 6.29. The summed E-state index contributed by atoms with van der Waals surface area (Å²) < 4.78 is 24.8. The summed E-state index contributed by atoms with van der Waals surface area (Å²) >= 11 is 0. The van der Waals surface area contributed by atoms with E-state index in [1.807, 2.05) is 20.8 Å². The zero-order valence-electron chi connectivity index (χ0n) is 11.7. The Morgan fingerprint density at radius 2 is 1.82 bits per heavy atom. The zero-order valence-corrected chi connectivity index (χ0v) is 12.5. The molecule has 0 amide bonds. The largest absolute Gasteiger partial charge is 0.312 e. The van der Waals surface area contributed by atoms with Crippen LogP contribution in [0.5, 0.6) is 0 Å². The van der Waals surface area contributed by atoms with E-state index >= 15 is 0 Å². The maximum Gasteiger partial charge on any atom is 0.155 e. The number of hydrogen-bond donors (Lipinski definition) is 1. The summed E-state index contributed by atoms with van der Waals surface area (Å²) in [6.07, 6.45) is 0.939. The first-order valence-electron chi connectivity index (χ1n) is 6.69. The molecule has 0 spiro atoms. The van der Waals surface area contributed by atoms with Crippen LogP contribution in [-0.4, -0.2) is 32.0 Å². The average molecular weight is 261 g/mol. The normalized spacial score (nSPS) is 33.9. The van der Waals surface area contributed by atoms with Crippen molar-refractivity contribution in [2.45, 2.75) is 52.3 Å². The Balaban J connectivity index is 3.00. The first kappa shape index (κ1) is 15.0. The first-order valence-corrected chi connectivity index (χ1v) is 8.40. The van der Waals surface area contributed by atoms with E-state index in [-0.39, 0.29) is 23.1 Å². The van der Waals surface area contributed by atoms with Crippen LogP contribution in [0.1, 0.15) is 41.0 Å². The summed E-state index contributed by atoms with van der Waals surface area (Å²) in [5.41, 5.74) is 0. The molecule has 4 heteroatoms. The van der Waals surface area contributed by atoms with Gasteiger partial charge in [-0.1, -0.05) is 34.6 Å². The Kier molecular flexibility index (Phi) is 5.02. The Labute approximate surface area is 106 Å². The maximum atomic E-state index is 12.4. The number of rotatable bonds is 3. The lowest BCUT2D eigenvalue weighted by atomic mass is 9.95. The van der Waals surface area contributed by atoms with E-state index < -0.39 is 9.84 Å². The van der Waals surface area contributed by atoms with E-state index in [4.69, 9.17) is 0 Å². The van der Waals surface area contributed by atoms with Gasteiger partial charge in [0, 0.05) is 6.04 Å². The van der Waals surface area contributed by atoms with Crippen LogP contribution in [0.3, 0.4) is 0 Å². The molecular formula is C13H27NO2S. The molecule has 17 heavy (non-hydrogen) atoms. The Hall–Kier alpha value is -0.0900. The standard InChI is InChI=1S/C13H27NO2S/c1-9(2)6-12-13(10(3)4)17(15,16)8-11(5)7-14-12/h9-14H,6-8H2,1-5H3. The summed E-state index contributed by atoms with van der Waals surface area (Å²) in [4.78, 5) is 0. The maximum absolute atomic E-state index is 12.4. The van der Waals surface area contributed by atoms with Gasteiger partial charge in [-0.3, -0.25) is 0 Å². The van der Waals surface area contributed by atoms with Crippen molar-refractivity contribution in [3.05, 3.63) is 0 Å². The lowest BCUT2D eigenvalue weighted by Gasteiger charge is -2.29. The van der Waals surface area contributed by atoms with E-state index in [2.05, 4.69) is 19.2 Å². The van der Waals surface area contributed by atoms with Gasteiger partial charge >= 0.3 is 0 Å². The van der Waals surface area contributed by atoms with Gasteiger partial charge in [-0.05, 0) is 30.7 Å².